The third-order valence-electron chi connectivity index (χ3n) is 3.57. The lowest BCUT2D eigenvalue weighted by molar-refractivity contribution is 0.634. The van der Waals surface area contributed by atoms with Gasteiger partial charge in [0.25, 0.3) is 0 Å². The molecule has 0 aromatic heterocycles. The molecule has 0 aliphatic rings. The summed E-state index contributed by atoms with van der Waals surface area (Å²) in [5.74, 6) is 0. The summed E-state index contributed by atoms with van der Waals surface area (Å²) in [6, 6.07) is 30.4. The number of hydrogen-bond acceptors (Lipinski definition) is 1. The number of rotatable bonds is 4. The van der Waals surface area contributed by atoms with Crippen LogP contribution in [0, 0.1) is 0 Å². The number of nitrogens with one attached hydrogen (secondary N) is 1. The lowest BCUT2D eigenvalue weighted by Gasteiger charge is -2.22. The predicted octanol–water partition coefficient (Wildman–Crippen LogP) is 5.99. The van der Waals surface area contributed by atoms with Crippen LogP contribution in [0.1, 0.15) is 20.8 Å². The van der Waals surface area contributed by atoms with Crippen molar-refractivity contribution in [3.05, 3.63) is 84.9 Å². The number of hydrogen-bond donors (Lipinski definition) is 1. The molecule has 0 radical (unpaired) electrons. The van der Waals surface area contributed by atoms with Crippen LogP contribution in [0.5, 0.6) is 0 Å². The van der Waals surface area contributed by atoms with Crippen molar-refractivity contribution in [2.45, 2.75) is 41.0 Å². The van der Waals surface area contributed by atoms with Crippen molar-refractivity contribution in [2.24, 2.45) is 0 Å². The topological polar surface area (TPSA) is 12.0 Å². The van der Waals surface area contributed by atoms with Gasteiger partial charge in [-0.05, 0) is 69.3 Å². The molecule has 1 nitrogen and oxygen atoms in total. The molecule has 0 spiro atoms. The Morgan fingerprint density at radius 2 is 1.00 bits per heavy atom. The molecule has 3 rings (SSSR count). The van der Waals surface area contributed by atoms with Crippen molar-refractivity contribution in [1.29, 1.82) is 0 Å². The van der Waals surface area contributed by atoms with Gasteiger partial charge < -0.3 is 5.32 Å². The Labute approximate surface area is 148 Å². The third-order valence-corrected chi connectivity index (χ3v) is 5.80. The summed E-state index contributed by atoms with van der Waals surface area (Å²) in [7, 11) is -0.0738. The van der Waals surface area contributed by atoms with Gasteiger partial charge in [-0.15, -0.1) is 0 Å². The first kappa shape index (κ1) is 16.7. The van der Waals surface area contributed by atoms with Gasteiger partial charge in [0, 0.05) is 11.2 Å². The Balaban J connectivity index is 1.98. The van der Waals surface area contributed by atoms with Crippen LogP contribution in [-0.2, 0) is 10.9 Å². The van der Waals surface area contributed by atoms with Crippen LogP contribution >= 0.6 is 0 Å². The fourth-order valence-corrected chi connectivity index (χ4v) is 4.71. The van der Waals surface area contributed by atoms with E-state index in [4.69, 9.17) is 0 Å². The highest BCUT2D eigenvalue weighted by atomic mass is 32.2. The van der Waals surface area contributed by atoms with Crippen molar-refractivity contribution in [1.82, 2.24) is 0 Å². The zero-order chi connectivity index (χ0) is 17.0. The molecular formula is C22H24NS+. The van der Waals surface area contributed by atoms with Crippen LogP contribution in [0.15, 0.2) is 99.6 Å². The lowest BCUT2D eigenvalue weighted by atomic mass is 10.1. The standard InChI is InChI=1S/C22H24NS/c1-22(2,3)23-18-14-16-21(17-15-18)24(19-10-6-4-7-11-19)20-12-8-5-9-13-20/h4-17,23H,1-3H3/q+1. The molecule has 24 heavy (non-hydrogen) atoms. The van der Waals surface area contributed by atoms with Crippen molar-refractivity contribution >= 4 is 16.6 Å². The molecule has 0 saturated heterocycles. The van der Waals surface area contributed by atoms with Gasteiger partial charge in [0.2, 0.25) is 0 Å². The highest BCUT2D eigenvalue weighted by Crippen LogP contribution is 2.31. The van der Waals surface area contributed by atoms with E-state index in [1.165, 1.54) is 14.7 Å². The summed E-state index contributed by atoms with van der Waals surface area (Å²) in [6.07, 6.45) is 0. The largest absolute Gasteiger partial charge is 0.380 e. The molecule has 0 aliphatic carbocycles. The van der Waals surface area contributed by atoms with Gasteiger partial charge >= 0.3 is 0 Å². The van der Waals surface area contributed by atoms with Gasteiger partial charge in [-0.25, -0.2) is 0 Å². The second-order valence-electron chi connectivity index (χ2n) is 6.83. The Kier molecular flexibility index (Phi) is 4.96. The van der Waals surface area contributed by atoms with Crippen LogP contribution in [0.2, 0.25) is 0 Å². The summed E-state index contributed by atoms with van der Waals surface area (Å²) < 4.78 is 0. The van der Waals surface area contributed by atoms with Gasteiger partial charge in [0.15, 0.2) is 14.7 Å². The fraction of sp³-hybridized carbons (Fsp3) is 0.182. The first-order chi connectivity index (χ1) is 11.5. The highest BCUT2D eigenvalue weighted by Gasteiger charge is 2.28. The van der Waals surface area contributed by atoms with E-state index in [0.717, 1.165) is 5.69 Å². The molecule has 3 aromatic carbocycles. The minimum absolute atomic E-state index is 0.0715. The Bertz CT molecular complexity index is 719. The molecule has 0 fully saturated rings. The Hall–Kier alpha value is -2.19. The number of anilines is 1. The second-order valence-corrected chi connectivity index (χ2v) is 8.86. The molecule has 0 amide bonds. The minimum atomic E-state index is -0.0738. The van der Waals surface area contributed by atoms with Gasteiger partial charge in [-0.1, -0.05) is 36.4 Å². The zero-order valence-electron chi connectivity index (χ0n) is 14.5. The van der Waals surface area contributed by atoms with E-state index in [1.54, 1.807) is 0 Å². The first-order valence-corrected chi connectivity index (χ1v) is 9.48. The van der Waals surface area contributed by atoms with Gasteiger partial charge in [-0.3, -0.25) is 0 Å². The smallest absolute Gasteiger partial charge is 0.166 e. The first-order valence-electron chi connectivity index (χ1n) is 8.26. The molecular weight excluding hydrogens is 310 g/mol. The Morgan fingerprint density at radius 3 is 1.42 bits per heavy atom. The van der Waals surface area contributed by atoms with E-state index in [1.807, 2.05) is 0 Å². The average Bonchev–Trinajstić information content (AvgIpc) is 2.57. The van der Waals surface area contributed by atoms with Gasteiger partial charge in [0.05, 0.1) is 10.9 Å². The van der Waals surface area contributed by atoms with Gasteiger partial charge in [-0.2, -0.15) is 0 Å². The normalized spacial score (nSPS) is 11.5. The quantitative estimate of drug-likeness (QED) is 0.578. The van der Waals surface area contributed by atoms with Crippen LogP contribution in [-0.4, -0.2) is 5.54 Å². The Morgan fingerprint density at radius 1 is 0.583 bits per heavy atom. The molecule has 0 saturated carbocycles. The number of benzene rings is 3. The summed E-state index contributed by atoms with van der Waals surface area (Å²) >= 11 is 0. The monoisotopic (exact) mass is 334 g/mol. The lowest BCUT2D eigenvalue weighted by Crippen LogP contribution is -2.25. The third kappa shape index (κ3) is 4.21. The van der Waals surface area contributed by atoms with Crippen LogP contribution in [0.3, 0.4) is 0 Å². The highest BCUT2D eigenvalue weighted by molar-refractivity contribution is 7.97. The molecule has 122 valence electrons. The molecule has 0 unspecified atom stereocenters. The van der Waals surface area contributed by atoms with Crippen LogP contribution in [0.4, 0.5) is 5.69 Å². The van der Waals surface area contributed by atoms with E-state index in [2.05, 4.69) is 111 Å². The molecule has 2 heteroatoms. The molecule has 1 N–H and O–H groups in total. The van der Waals surface area contributed by atoms with Crippen molar-refractivity contribution in [3.8, 4) is 0 Å². The molecule has 0 atom stereocenters. The molecule has 0 heterocycles. The second kappa shape index (κ2) is 7.14. The van der Waals surface area contributed by atoms with E-state index < -0.39 is 0 Å². The summed E-state index contributed by atoms with van der Waals surface area (Å²) in [4.78, 5) is 4.03. The SMILES string of the molecule is CC(C)(C)Nc1ccc([S+](c2ccccc2)c2ccccc2)cc1. The molecule has 0 bridgehead atoms. The van der Waals surface area contributed by atoms with Crippen molar-refractivity contribution in [3.63, 3.8) is 0 Å². The van der Waals surface area contributed by atoms with Crippen molar-refractivity contribution < 1.29 is 0 Å². The van der Waals surface area contributed by atoms with E-state index >= 15 is 0 Å². The maximum absolute atomic E-state index is 3.53. The van der Waals surface area contributed by atoms with Crippen LogP contribution < -0.4 is 5.32 Å². The summed E-state index contributed by atoms with van der Waals surface area (Å²) in [6.45, 7) is 6.54. The molecule has 0 aliphatic heterocycles. The van der Waals surface area contributed by atoms with Crippen LogP contribution in [0.25, 0.3) is 0 Å². The van der Waals surface area contributed by atoms with Gasteiger partial charge in [0.1, 0.15) is 0 Å². The average molecular weight is 335 g/mol. The molecule has 3 aromatic rings. The van der Waals surface area contributed by atoms with E-state index in [0.29, 0.717) is 0 Å². The summed E-state index contributed by atoms with van der Waals surface area (Å²) in [5.41, 5.74) is 1.23. The minimum Gasteiger partial charge on any atom is -0.380 e. The maximum atomic E-state index is 3.53. The van der Waals surface area contributed by atoms with E-state index in [9.17, 15) is 0 Å². The zero-order valence-corrected chi connectivity index (χ0v) is 15.3. The predicted molar refractivity (Wildman–Crippen MR) is 105 cm³/mol. The fourth-order valence-electron chi connectivity index (χ4n) is 2.63. The van der Waals surface area contributed by atoms with Crippen molar-refractivity contribution in [2.75, 3.05) is 5.32 Å². The summed E-state index contributed by atoms with van der Waals surface area (Å²) in [5, 5.41) is 3.53. The van der Waals surface area contributed by atoms with E-state index in [-0.39, 0.29) is 16.4 Å². The maximum Gasteiger partial charge on any atom is 0.166 e.